The summed E-state index contributed by atoms with van der Waals surface area (Å²) in [5.74, 6) is 0.915. The van der Waals surface area contributed by atoms with E-state index in [-0.39, 0.29) is 5.75 Å². The summed E-state index contributed by atoms with van der Waals surface area (Å²) >= 11 is 0. The summed E-state index contributed by atoms with van der Waals surface area (Å²) in [5, 5.41) is 6.60. The Morgan fingerprint density at radius 2 is 2.12 bits per heavy atom. The fraction of sp³-hybridized carbons (Fsp3) is 0.727. The van der Waals surface area contributed by atoms with E-state index in [2.05, 4.69) is 14.9 Å². The van der Waals surface area contributed by atoms with Crippen LogP contribution in [0.15, 0.2) is 6.07 Å². The number of anilines is 1. The number of aromatic nitrogens is 2. The zero-order valence-corrected chi connectivity index (χ0v) is 10.9. The largest absolute Gasteiger partial charge is 0.281 e. The molecule has 6 heteroatoms. The quantitative estimate of drug-likeness (QED) is 0.866. The van der Waals surface area contributed by atoms with Gasteiger partial charge in [-0.15, -0.1) is 0 Å². The molecule has 0 aliphatic heterocycles. The van der Waals surface area contributed by atoms with Gasteiger partial charge in [0.1, 0.15) is 0 Å². The standard InChI is InChI=1S/C11H19N3O2S/c1-9-7-11(13-12-9)14-17(15,16)8-10-5-3-2-4-6-10/h7,10H,2-6,8H2,1H3,(H2,12,13,14). The minimum atomic E-state index is -3.25. The van der Waals surface area contributed by atoms with Crippen LogP contribution in [0.2, 0.25) is 0 Å². The second-order valence-corrected chi connectivity index (χ2v) is 6.59. The molecule has 5 nitrogen and oxygen atoms in total. The third-order valence-corrected chi connectivity index (χ3v) is 4.58. The first-order valence-electron chi connectivity index (χ1n) is 6.08. The van der Waals surface area contributed by atoms with Crippen molar-refractivity contribution in [2.75, 3.05) is 10.5 Å². The van der Waals surface area contributed by atoms with E-state index in [0.29, 0.717) is 11.7 Å². The van der Waals surface area contributed by atoms with Gasteiger partial charge in [-0.05, 0) is 25.7 Å². The number of hydrogen-bond acceptors (Lipinski definition) is 3. The zero-order chi connectivity index (χ0) is 12.3. The molecule has 0 atom stereocenters. The molecule has 2 rings (SSSR count). The fourth-order valence-electron chi connectivity index (χ4n) is 2.34. The average molecular weight is 257 g/mol. The van der Waals surface area contributed by atoms with Crippen LogP contribution in [0, 0.1) is 12.8 Å². The number of nitrogens with one attached hydrogen (secondary N) is 2. The smallest absolute Gasteiger partial charge is 0.234 e. The van der Waals surface area contributed by atoms with Crippen molar-refractivity contribution in [1.29, 1.82) is 0 Å². The molecular weight excluding hydrogens is 238 g/mol. The minimum absolute atomic E-state index is 0.221. The predicted octanol–water partition coefficient (Wildman–Crippen LogP) is 2.04. The molecule has 1 aliphatic carbocycles. The number of H-pyrrole nitrogens is 1. The van der Waals surface area contributed by atoms with Gasteiger partial charge in [0, 0.05) is 11.8 Å². The molecule has 1 saturated carbocycles. The van der Waals surface area contributed by atoms with Gasteiger partial charge in [0.25, 0.3) is 0 Å². The Morgan fingerprint density at radius 3 is 2.71 bits per heavy atom. The van der Waals surface area contributed by atoms with Crippen molar-refractivity contribution in [3.63, 3.8) is 0 Å². The molecule has 0 unspecified atom stereocenters. The minimum Gasteiger partial charge on any atom is -0.281 e. The molecule has 0 radical (unpaired) electrons. The summed E-state index contributed by atoms with van der Waals surface area (Å²) in [7, 11) is -3.25. The molecule has 17 heavy (non-hydrogen) atoms. The molecule has 1 aliphatic rings. The van der Waals surface area contributed by atoms with Crippen LogP contribution >= 0.6 is 0 Å². The van der Waals surface area contributed by atoms with E-state index >= 15 is 0 Å². The molecule has 96 valence electrons. The van der Waals surface area contributed by atoms with Gasteiger partial charge < -0.3 is 0 Å². The van der Waals surface area contributed by atoms with Crippen LogP contribution in [-0.4, -0.2) is 24.4 Å². The summed E-state index contributed by atoms with van der Waals surface area (Å²) in [5.41, 5.74) is 0.848. The Balaban J connectivity index is 1.94. The second-order valence-electron chi connectivity index (χ2n) is 4.82. The molecule has 1 heterocycles. The highest BCUT2D eigenvalue weighted by Gasteiger charge is 2.21. The maximum atomic E-state index is 11.9. The molecule has 0 aromatic carbocycles. The highest BCUT2D eigenvalue weighted by molar-refractivity contribution is 7.92. The maximum absolute atomic E-state index is 11.9. The van der Waals surface area contributed by atoms with Crippen molar-refractivity contribution in [1.82, 2.24) is 10.2 Å². The average Bonchev–Trinajstić information content (AvgIpc) is 2.63. The molecule has 1 aromatic rings. The summed E-state index contributed by atoms with van der Waals surface area (Å²) in [6.45, 7) is 1.84. The Bertz CT molecular complexity index is 461. The van der Waals surface area contributed by atoms with Crippen LogP contribution in [0.3, 0.4) is 0 Å². The zero-order valence-electron chi connectivity index (χ0n) is 10.1. The highest BCUT2D eigenvalue weighted by atomic mass is 32.2. The number of hydrogen-bond donors (Lipinski definition) is 2. The SMILES string of the molecule is Cc1cc(NS(=O)(=O)CC2CCCCC2)n[nH]1. The first-order valence-corrected chi connectivity index (χ1v) is 7.73. The molecule has 0 spiro atoms. The van der Waals surface area contributed by atoms with Crippen molar-refractivity contribution in [3.8, 4) is 0 Å². The van der Waals surface area contributed by atoms with Crippen molar-refractivity contribution < 1.29 is 8.42 Å². The number of rotatable bonds is 4. The number of nitrogens with zero attached hydrogens (tertiary/aromatic N) is 1. The van der Waals surface area contributed by atoms with E-state index in [9.17, 15) is 8.42 Å². The normalized spacial score (nSPS) is 18.2. The van der Waals surface area contributed by atoms with Gasteiger partial charge in [-0.2, -0.15) is 5.10 Å². The first kappa shape index (κ1) is 12.4. The van der Waals surface area contributed by atoms with Gasteiger partial charge in [-0.3, -0.25) is 9.82 Å². The summed E-state index contributed by atoms with van der Waals surface area (Å²) in [6.07, 6.45) is 5.60. The molecule has 0 saturated heterocycles. The number of aromatic amines is 1. The monoisotopic (exact) mass is 257 g/mol. The Morgan fingerprint density at radius 1 is 1.41 bits per heavy atom. The van der Waals surface area contributed by atoms with Crippen LogP contribution in [0.4, 0.5) is 5.82 Å². The van der Waals surface area contributed by atoms with Crippen molar-refractivity contribution in [2.45, 2.75) is 39.0 Å². The predicted molar refractivity (Wildman–Crippen MR) is 67.3 cm³/mol. The molecule has 1 aromatic heterocycles. The van der Waals surface area contributed by atoms with Gasteiger partial charge in [0.15, 0.2) is 5.82 Å². The lowest BCUT2D eigenvalue weighted by atomic mass is 9.91. The lowest BCUT2D eigenvalue weighted by molar-refractivity contribution is 0.385. The van der Waals surface area contributed by atoms with E-state index in [4.69, 9.17) is 0 Å². The van der Waals surface area contributed by atoms with Crippen LogP contribution in [0.1, 0.15) is 37.8 Å². The van der Waals surface area contributed by atoms with E-state index in [1.807, 2.05) is 6.92 Å². The van der Waals surface area contributed by atoms with E-state index in [0.717, 1.165) is 31.4 Å². The second kappa shape index (κ2) is 5.08. The molecule has 2 N–H and O–H groups in total. The van der Waals surface area contributed by atoms with Crippen LogP contribution in [0.25, 0.3) is 0 Å². The van der Waals surface area contributed by atoms with Crippen LogP contribution in [0.5, 0.6) is 0 Å². The van der Waals surface area contributed by atoms with Gasteiger partial charge in [-0.1, -0.05) is 19.3 Å². The van der Waals surface area contributed by atoms with Gasteiger partial charge in [-0.25, -0.2) is 8.42 Å². The fourth-order valence-corrected chi connectivity index (χ4v) is 3.80. The highest BCUT2D eigenvalue weighted by Crippen LogP contribution is 2.25. The Hall–Kier alpha value is -1.04. The first-order chi connectivity index (χ1) is 8.05. The van der Waals surface area contributed by atoms with Crippen molar-refractivity contribution in [3.05, 3.63) is 11.8 Å². The van der Waals surface area contributed by atoms with Gasteiger partial charge in [0.05, 0.1) is 5.75 Å². The molecule has 0 amide bonds. The third kappa shape index (κ3) is 3.73. The maximum Gasteiger partial charge on any atom is 0.234 e. The van der Waals surface area contributed by atoms with Gasteiger partial charge in [0.2, 0.25) is 10.0 Å². The number of sulfonamides is 1. The van der Waals surface area contributed by atoms with Crippen LogP contribution < -0.4 is 4.72 Å². The Labute approximate surface area is 102 Å². The molecular formula is C11H19N3O2S. The van der Waals surface area contributed by atoms with Gasteiger partial charge >= 0.3 is 0 Å². The third-order valence-electron chi connectivity index (χ3n) is 3.15. The summed E-state index contributed by atoms with van der Waals surface area (Å²) in [6, 6.07) is 1.69. The number of aryl methyl sites for hydroxylation is 1. The topological polar surface area (TPSA) is 74.8 Å². The lowest BCUT2D eigenvalue weighted by Gasteiger charge is -2.21. The molecule has 1 fully saturated rings. The molecule has 0 bridgehead atoms. The summed E-state index contributed by atoms with van der Waals surface area (Å²) in [4.78, 5) is 0. The van der Waals surface area contributed by atoms with E-state index < -0.39 is 10.0 Å². The lowest BCUT2D eigenvalue weighted by Crippen LogP contribution is -2.24. The van der Waals surface area contributed by atoms with E-state index in [1.165, 1.54) is 6.42 Å². The Kier molecular flexibility index (Phi) is 3.71. The summed E-state index contributed by atoms with van der Waals surface area (Å²) < 4.78 is 26.3. The van der Waals surface area contributed by atoms with Crippen molar-refractivity contribution >= 4 is 15.8 Å². The van der Waals surface area contributed by atoms with Crippen molar-refractivity contribution in [2.24, 2.45) is 5.92 Å². The van der Waals surface area contributed by atoms with Crippen LogP contribution in [-0.2, 0) is 10.0 Å². The van der Waals surface area contributed by atoms with E-state index in [1.54, 1.807) is 6.07 Å².